The monoisotopic (exact) mass is 369 g/mol. The molecule has 0 atom stereocenters. The molecule has 0 saturated carbocycles. The summed E-state index contributed by atoms with van der Waals surface area (Å²) in [5, 5.41) is 6.44. The maximum absolute atomic E-state index is 13.7. The minimum absolute atomic E-state index is 0.239. The number of nitrogens with zero attached hydrogens (tertiary/aromatic N) is 1. The summed E-state index contributed by atoms with van der Waals surface area (Å²) in [5.74, 6) is -0.611. The molecule has 132 valence electrons. The summed E-state index contributed by atoms with van der Waals surface area (Å²) in [7, 11) is 0. The van der Waals surface area contributed by atoms with Crippen LogP contribution in [0.5, 0.6) is 0 Å². The van der Waals surface area contributed by atoms with Gasteiger partial charge in [0, 0.05) is 17.8 Å². The fourth-order valence-electron chi connectivity index (χ4n) is 2.47. The third-order valence-electron chi connectivity index (χ3n) is 3.74. The third-order valence-corrected chi connectivity index (χ3v) is 3.98. The smallest absolute Gasteiger partial charge is 0.252 e. The van der Waals surface area contributed by atoms with Gasteiger partial charge < -0.3 is 10.6 Å². The average molecular weight is 370 g/mol. The fraction of sp³-hybridized carbons (Fsp3) is 0.100. The summed E-state index contributed by atoms with van der Waals surface area (Å²) in [6.45, 7) is 0.476. The Balaban J connectivity index is 1.60. The minimum atomic E-state index is -0.371. The van der Waals surface area contributed by atoms with E-state index in [-0.39, 0.29) is 11.7 Å². The highest BCUT2D eigenvalue weighted by molar-refractivity contribution is 6.30. The van der Waals surface area contributed by atoms with Crippen molar-refractivity contribution in [3.63, 3.8) is 0 Å². The van der Waals surface area contributed by atoms with E-state index in [1.807, 2.05) is 24.3 Å². The van der Waals surface area contributed by atoms with Crippen molar-refractivity contribution in [2.45, 2.75) is 6.42 Å². The van der Waals surface area contributed by atoms with Crippen LogP contribution in [0.25, 0.3) is 0 Å². The van der Waals surface area contributed by atoms with Gasteiger partial charge in [-0.05, 0) is 42.3 Å². The van der Waals surface area contributed by atoms with E-state index < -0.39 is 0 Å². The zero-order valence-electron chi connectivity index (χ0n) is 13.9. The van der Waals surface area contributed by atoms with Crippen LogP contribution in [0.3, 0.4) is 0 Å². The number of aromatic nitrogens is 1. The number of carbonyl (C=O) groups is 1. The molecule has 0 aliphatic rings. The predicted octanol–water partition coefficient (Wildman–Crippen LogP) is 4.59. The lowest BCUT2D eigenvalue weighted by Crippen LogP contribution is -2.25. The van der Waals surface area contributed by atoms with Crippen LogP contribution in [0.15, 0.2) is 67.0 Å². The molecule has 1 aromatic heterocycles. The van der Waals surface area contributed by atoms with Crippen molar-refractivity contribution < 1.29 is 9.18 Å². The van der Waals surface area contributed by atoms with Gasteiger partial charge in [0.2, 0.25) is 0 Å². The Morgan fingerprint density at radius 1 is 1.08 bits per heavy atom. The van der Waals surface area contributed by atoms with Crippen LogP contribution in [-0.2, 0) is 6.42 Å². The molecular formula is C20H17ClFN3O. The van der Waals surface area contributed by atoms with Gasteiger partial charge in [-0.2, -0.15) is 0 Å². The molecule has 0 saturated heterocycles. The van der Waals surface area contributed by atoms with E-state index in [9.17, 15) is 9.18 Å². The molecule has 0 aliphatic carbocycles. The molecule has 4 nitrogen and oxygen atoms in total. The van der Waals surface area contributed by atoms with Crippen LogP contribution in [-0.4, -0.2) is 17.4 Å². The fourth-order valence-corrected chi connectivity index (χ4v) is 2.68. The molecule has 0 radical (unpaired) electrons. The number of pyridine rings is 1. The summed E-state index contributed by atoms with van der Waals surface area (Å²) < 4.78 is 13.7. The van der Waals surface area contributed by atoms with E-state index in [0.29, 0.717) is 34.9 Å². The molecule has 0 aliphatic heterocycles. The van der Waals surface area contributed by atoms with E-state index in [1.165, 1.54) is 18.5 Å². The van der Waals surface area contributed by atoms with Crippen LogP contribution in [0, 0.1) is 5.82 Å². The average Bonchev–Trinajstić information content (AvgIpc) is 2.64. The van der Waals surface area contributed by atoms with Crippen molar-refractivity contribution >= 4 is 28.9 Å². The lowest BCUT2D eigenvalue weighted by Gasteiger charge is -2.09. The molecular weight excluding hydrogens is 353 g/mol. The van der Waals surface area contributed by atoms with Crippen molar-refractivity contribution in [3.05, 3.63) is 89.0 Å². The molecule has 0 bridgehead atoms. The zero-order chi connectivity index (χ0) is 18.4. The second kappa shape index (κ2) is 8.45. The summed E-state index contributed by atoms with van der Waals surface area (Å²) >= 11 is 5.95. The lowest BCUT2D eigenvalue weighted by atomic mass is 10.1. The first-order chi connectivity index (χ1) is 12.6. The van der Waals surface area contributed by atoms with E-state index in [0.717, 1.165) is 5.56 Å². The third kappa shape index (κ3) is 4.80. The molecule has 6 heteroatoms. The van der Waals surface area contributed by atoms with Gasteiger partial charge in [0.05, 0.1) is 23.1 Å². The van der Waals surface area contributed by atoms with E-state index in [1.54, 1.807) is 24.3 Å². The summed E-state index contributed by atoms with van der Waals surface area (Å²) in [4.78, 5) is 16.3. The number of hydrogen-bond acceptors (Lipinski definition) is 3. The maximum Gasteiger partial charge on any atom is 0.252 e. The number of benzene rings is 2. The molecule has 2 N–H and O–H groups in total. The van der Waals surface area contributed by atoms with E-state index >= 15 is 0 Å². The van der Waals surface area contributed by atoms with Gasteiger partial charge in [-0.1, -0.05) is 35.9 Å². The maximum atomic E-state index is 13.7. The Kier molecular flexibility index (Phi) is 5.81. The largest absolute Gasteiger partial charge is 0.352 e. The molecule has 2 aromatic carbocycles. The Bertz CT molecular complexity index is 917. The Hall–Kier alpha value is -2.92. The number of anilines is 2. The van der Waals surface area contributed by atoms with Crippen molar-refractivity contribution in [2.75, 3.05) is 11.9 Å². The molecule has 0 spiro atoms. The first-order valence-electron chi connectivity index (χ1n) is 8.11. The van der Waals surface area contributed by atoms with Crippen LogP contribution >= 0.6 is 11.6 Å². The van der Waals surface area contributed by atoms with Crippen molar-refractivity contribution in [1.82, 2.24) is 10.3 Å². The van der Waals surface area contributed by atoms with E-state index in [2.05, 4.69) is 15.6 Å². The first-order valence-corrected chi connectivity index (χ1v) is 8.49. The van der Waals surface area contributed by atoms with Crippen molar-refractivity contribution in [1.29, 1.82) is 0 Å². The second-order valence-electron chi connectivity index (χ2n) is 5.70. The lowest BCUT2D eigenvalue weighted by molar-refractivity contribution is 0.0954. The first kappa shape index (κ1) is 17.9. The van der Waals surface area contributed by atoms with Gasteiger partial charge in [-0.15, -0.1) is 0 Å². The van der Waals surface area contributed by atoms with Crippen LogP contribution in [0.1, 0.15) is 15.9 Å². The Morgan fingerprint density at radius 2 is 1.92 bits per heavy atom. The predicted molar refractivity (Wildman–Crippen MR) is 101 cm³/mol. The quantitative estimate of drug-likeness (QED) is 0.668. The molecule has 3 aromatic rings. The molecule has 1 amide bonds. The summed E-state index contributed by atoms with van der Waals surface area (Å²) in [5.41, 5.74) is 2.31. The standard InChI is InChI=1S/C20H17ClFN3O/c21-16-5-3-4-14(10-16)8-9-24-20(26)15-11-17(13-23-12-15)25-19-7-2-1-6-18(19)22/h1-7,10-13,25H,8-9H2,(H,24,26). The van der Waals surface area contributed by atoms with Crippen molar-refractivity contribution in [2.24, 2.45) is 0 Å². The molecule has 26 heavy (non-hydrogen) atoms. The molecule has 3 rings (SSSR count). The van der Waals surface area contributed by atoms with Crippen LogP contribution in [0.2, 0.25) is 5.02 Å². The van der Waals surface area contributed by atoms with Gasteiger partial charge in [-0.3, -0.25) is 9.78 Å². The Labute approximate surface area is 156 Å². The molecule has 0 unspecified atom stereocenters. The summed E-state index contributed by atoms with van der Waals surface area (Å²) in [6, 6.07) is 15.5. The number of amides is 1. The number of hydrogen-bond donors (Lipinski definition) is 2. The highest BCUT2D eigenvalue weighted by Crippen LogP contribution is 2.19. The topological polar surface area (TPSA) is 54.0 Å². The highest BCUT2D eigenvalue weighted by atomic mass is 35.5. The molecule has 0 fully saturated rings. The number of rotatable bonds is 6. The summed E-state index contributed by atoms with van der Waals surface area (Å²) in [6.07, 6.45) is 3.68. The number of para-hydroxylation sites is 1. The van der Waals surface area contributed by atoms with Gasteiger partial charge in [0.1, 0.15) is 5.82 Å². The van der Waals surface area contributed by atoms with Gasteiger partial charge >= 0.3 is 0 Å². The second-order valence-corrected chi connectivity index (χ2v) is 6.14. The van der Waals surface area contributed by atoms with Gasteiger partial charge in [0.25, 0.3) is 5.91 Å². The minimum Gasteiger partial charge on any atom is -0.352 e. The number of nitrogens with one attached hydrogen (secondary N) is 2. The normalized spacial score (nSPS) is 10.4. The molecule has 1 heterocycles. The van der Waals surface area contributed by atoms with Crippen molar-refractivity contribution in [3.8, 4) is 0 Å². The zero-order valence-corrected chi connectivity index (χ0v) is 14.6. The van der Waals surface area contributed by atoms with E-state index in [4.69, 9.17) is 11.6 Å². The highest BCUT2D eigenvalue weighted by Gasteiger charge is 2.08. The number of halogens is 2. The Morgan fingerprint density at radius 3 is 2.73 bits per heavy atom. The van der Waals surface area contributed by atoms with Crippen LogP contribution < -0.4 is 10.6 Å². The SMILES string of the molecule is O=C(NCCc1cccc(Cl)c1)c1cncc(Nc2ccccc2F)c1. The van der Waals surface area contributed by atoms with Gasteiger partial charge in [-0.25, -0.2) is 4.39 Å². The van der Waals surface area contributed by atoms with Gasteiger partial charge in [0.15, 0.2) is 0 Å². The number of carbonyl (C=O) groups excluding carboxylic acids is 1. The van der Waals surface area contributed by atoms with Crippen LogP contribution in [0.4, 0.5) is 15.8 Å².